The zero-order chi connectivity index (χ0) is 16.9. The van der Waals surface area contributed by atoms with Crippen molar-refractivity contribution in [3.8, 4) is 0 Å². The second-order valence-electron chi connectivity index (χ2n) is 5.04. The van der Waals surface area contributed by atoms with Crippen molar-refractivity contribution in [1.82, 2.24) is 15.0 Å². The van der Waals surface area contributed by atoms with Gasteiger partial charge in [-0.05, 0) is 5.56 Å². The van der Waals surface area contributed by atoms with Crippen molar-refractivity contribution in [3.63, 3.8) is 0 Å². The number of nitrogen functional groups attached to an aromatic ring is 1. The highest BCUT2D eigenvalue weighted by Gasteiger charge is 2.16. The van der Waals surface area contributed by atoms with Crippen molar-refractivity contribution in [2.75, 3.05) is 24.3 Å². The van der Waals surface area contributed by atoms with E-state index < -0.39 is 6.04 Å². The quantitative estimate of drug-likeness (QED) is 0.370. The molecule has 0 saturated carbocycles. The SMILES string of the molecule is Nc1nc2nc(SCc3ccccc3)nc(NC(CO)CO)c2s1. The molecule has 0 amide bonds. The number of fused-ring (bicyclic) bond motifs is 1. The van der Waals surface area contributed by atoms with Crippen LogP contribution in [0.4, 0.5) is 10.9 Å². The Morgan fingerprint density at radius 3 is 2.58 bits per heavy atom. The van der Waals surface area contributed by atoms with E-state index in [0.717, 1.165) is 5.75 Å². The molecule has 24 heavy (non-hydrogen) atoms. The maximum absolute atomic E-state index is 9.28. The first-order valence-electron chi connectivity index (χ1n) is 7.28. The molecule has 0 aliphatic heterocycles. The predicted molar refractivity (Wildman–Crippen MR) is 97.2 cm³/mol. The van der Waals surface area contributed by atoms with Gasteiger partial charge in [0, 0.05) is 5.75 Å². The highest BCUT2D eigenvalue weighted by atomic mass is 32.2. The lowest BCUT2D eigenvalue weighted by Crippen LogP contribution is -2.28. The van der Waals surface area contributed by atoms with Gasteiger partial charge in [-0.15, -0.1) is 0 Å². The molecule has 0 saturated heterocycles. The summed E-state index contributed by atoms with van der Waals surface area (Å²) in [6.07, 6.45) is 0. The maximum atomic E-state index is 9.28. The summed E-state index contributed by atoms with van der Waals surface area (Å²) in [5.41, 5.74) is 7.46. The molecule has 0 aliphatic rings. The number of thiazole rings is 1. The van der Waals surface area contributed by atoms with E-state index in [9.17, 15) is 10.2 Å². The van der Waals surface area contributed by atoms with E-state index in [0.29, 0.717) is 26.5 Å². The lowest BCUT2D eigenvalue weighted by molar-refractivity contribution is 0.203. The molecular formula is C15H17N5O2S2. The molecule has 1 aromatic carbocycles. The Labute approximate surface area is 147 Å². The van der Waals surface area contributed by atoms with Gasteiger partial charge in [0.2, 0.25) is 0 Å². The third kappa shape index (κ3) is 3.93. The standard InChI is InChI=1S/C15H17N5O2S2/c16-14-18-13-11(24-14)12(17-10(6-21)7-22)19-15(20-13)23-8-9-4-2-1-3-5-9/h1-5,10,21-22H,6-8H2,(H3,16,17,18,19,20). The Hall–Kier alpha value is -1.94. The molecule has 3 rings (SSSR count). The number of hydrogen-bond acceptors (Lipinski definition) is 9. The number of thioether (sulfide) groups is 1. The Kier molecular flexibility index (Phi) is 5.46. The molecular weight excluding hydrogens is 346 g/mol. The van der Waals surface area contributed by atoms with Crippen LogP contribution in [0.15, 0.2) is 35.5 Å². The van der Waals surface area contributed by atoms with Crippen LogP contribution < -0.4 is 11.1 Å². The van der Waals surface area contributed by atoms with E-state index in [2.05, 4.69) is 20.3 Å². The van der Waals surface area contributed by atoms with Crippen LogP contribution in [0.5, 0.6) is 0 Å². The Morgan fingerprint density at radius 1 is 1.12 bits per heavy atom. The summed E-state index contributed by atoms with van der Waals surface area (Å²) < 4.78 is 0.712. The first-order valence-corrected chi connectivity index (χ1v) is 9.09. The van der Waals surface area contributed by atoms with Crippen molar-refractivity contribution in [1.29, 1.82) is 0 Å². The van der Waals surface area contributed by atoms with Crippen molar-refractivity contribution in [2.45, 2.75) is 17.0 Å². The number of aliphatic hydroxyl groups excluding tert-OH is 2. The first kappa shape index (κ1) is 16.9. The van der Waals surface area contributed by atoms with Gasteiger partial charge in [0.05, 0.1) is 19.3 Å². The normalized spacial score (nSPS) is 11.3. The van der Waals surface area contributed by atoms with Gasteiger partial charge in [0.25, 0.3) is 0 Å². The summed E-state index contributed by atoms with van der Waals surface area (Å²) in [6.45, 7) is -0.411. The van der Waals surface area contributed by atoms with Crippen LogP contribution >= 0.6 is 23.1 Å². The molecule has 126 valence electrons. The number of nitrogens with zero attached hydrogens (tertiary/aromatic N) is 3. The molecule has 0 atom stereocenters. The molecule has 0 radical (unpaired) electrons. The van der Waals surface area contributed by atoms with Gasteiger partial charge >= 0.3 is 0 Å². The zero-order valence-corrected chi connectivity index (χ0v) is 14.3. The van der Waals surface area contributed by atoms with E-state index >= 15 is 0 Å². The van der Waals surface area contributed by atoms with Gasteiger partial charge in [0.1, 0.15) is 4.70 Å². The highest BCUT2D eigenvalue weighted by molar-refractivity contribution is 7.98. The van der Waals surface area contributed by atoms with Crippen LogP contribution in [0, 0.1) is 0 Å². The fourth-order valence-electron chi connectivity index (χ4n) is 2.05. The minimum Gasteiger partial charge on any atom is -0.394 e. The molecule has 5 N–H and O–H groups in total. The number of hydrogen-bond donors (Lipinski definition) is 4. The smallest absolute Gasteiger partial charge is 0.191 e. The second kappa shape index (κ2) is 7.75. The number of rotatable bonds is 7. The third-order valence-corrected chi connectivity index (χ3v) is 5.04. The van der Waals surface area contributed by atoms with E-state index in [1.54, 1.807) is 0 Å². The van der Waals surface area contributed by atoms with Gasteiger partial charge in [0.15, 0.2) is 21.8 Å². The lowest BCUT2D eigenvalue weighted by atomic mass is 10.2. The average Bonchev–Trinajstić information content (AvgIpc) is 2.99. The number of benzene rings is 1. The van der Waals surface area contributed by atoms with Gasteiger partial charge in [-0.25, -0.2) is 15.0 Å². The van der Waals surface area contributed by atoms with Gasteiger partial charge in [-0.3, -0.25) is 0 Å². The summed E-state index contributed by atoms with van der Waals surface area (Å²) in [6, 6.07) is 9.53. The fraction of sp³-hybridized carbons (Fsp3) is 0.267. The van der Waals surface area contributed by atoms with Gasteiger partial charge in [-0.1, -0.05) is 53.4 Å². The molecule has 7 nitrogen and oxygen atoms in total. The van der Waals surface area contributed by atoms with Crippen molar-refractivity contribution < 1.29 is 10.2 Å². The van der Waals surface area contributed by atoms with Gasteiger partial charge < -0.3 is 21.3 Å². The molecule has 2 heterocycles. The number of nitrogens with two attached hydrogens (primary N) is 1. The summed E-state index contributed by atoms with van der Waals surface area (Å²) in [4.78, 5) is 13.2. The van der Waals surface area contributed by atoms with Crippen LogP contribution in [0.3, 0.4) is 0 Å². The lowest BCUT2D eigenvalue weighted by Gasteiger charge is -2.14. The van der Waals surface area contributed by atoms with E-state index in [1.807, 2.05) is 30.3 Å². The van der Waals surface area contributed by atoms with E-state index in [4.69, 9.17) is 5.73 Å². The van der Waals surface area contributed by atoms with Crippen LogP contribution in [0.25, 0.3) is 10.3 Å². The van der Waals surface area contributed by atoms with Crippen molar-refractivity contribution in [3.05, 3.63) is 35.9 Å². The van der Waals surface area contributed by atoms with E-state index in [1.165, 1.54) is 28.7 Å². The molecule has 0 unspecified atom stereocenters. The molecule has 2 aromatic heterocycles. The molecule has 0 aliphatic carbocycles. The predicted octanol–water partition coefficient (Wildman–Crippen LogP) is 1.73. The third-order valence-electron chi connectivity index (χ3n) is 3.24. The van der Waals surface area contributed by atoms with Crippen molar-refractivity contribution in [2.24, 2.45) is 0 Å². The first-order chi connectivity index (χ1) is 11.7. The van der Waals surface area contributed by atoms with E-state index in [-0.39, 0.29) is 13.2 Å². The molecule has 0 fully saturated rings. The highest BCUT2D eigenvalue weighted by Crippen LogP contribution is 2.31. The second-order valence-corrected chi connectivity index (χ2v) is 7.01. The number of aliphatic hydroxyl groups is 2. The zero-order valence-electron chi connectivity index (χ0n) is 12.7. The van der Waals surface area contributed by atoms with Crippen LogP contribution in [-0.4, -0.2) is 44.4 Å². The molecule has 9 heteroatoms. The van der Waals surface area contributed by atoms with Crippen LogP contribution in [-0.2, 0) is 5.75 Å². The summed E-state index contributed by atoms with van der Waals surface area (Å²) in [5.74, 6) is 1.26. The fourth-order valence-corrected chi connectivity index (χ4v) is 3.57. The summed E-state index contributed by atoms with van der Waals surface area (Å²) in [5, 5.41) is 22.5. The number of aromatic nitrogens is 3. The monoisotopic (exact) mass is 363 g/mol. The van der Waals surface area contributed by atoms with Crippen molar-refractivity contribution >= 4 is 44.4 Å². The van der Waals surface area contributed by atoms with Crippen LogP contribution in [0.2, 0.25) is 0 Å². The Balaban J connectivity index is 1.88. The molecule has 0 spiro atoms. The van der Waals surface area contributed by atoms with Gasteiger partial charge in [-0.2, -0.15) is 0 Å². The number of nitrogens with one attached hydrogen (secondary N) is 1. The Morgan fingerprint density at radius 2 is 1.88 bits per heavy atom. The Bertz CT molecular complexity index is 808. The topological polar surface area (TPSA) is 117 Å². The average molecular weight is 363 g/mol. The summed E-state index contributed by atoms with van der Waals surface area (Å²) in [7, 11) is 0. The summed E-state index contributed by atoms with van der Waals surface area (Å²) >= 11 is 2.76. The minimum absolute atomic E-state index is 0.206. The molecule has 3 aromatic rings. The largest absolute Gasteiger partial charge is 0.394 e. The number of anilines is 2. The maximum Gasteiger partial charge on any atom is 0.191 e. The minimum atomic E-state index is -0.501. The van der Waals surface area contributed by atoms with Crippen LogP contribution in [0.1, 0.15) is 5.56 Å². The molecule has 0 bridgehead atoms.